The van der Waals surface area contributed by atoms with E-state index in [2.05, 4.69) is 24.8 Å². The first-order valence-electron chi connectivity index (χ1n) is 6.16. The molecule has 0 amide bonds. The largest absolute Gasteiger partial charge is 0.294 e. The highest BCUT2D eigenvalue weighted by Crippen LogP contribution is 2.26. The van der Waals surface area contributed by atoms with Crippen LogP contribution in [0.2, 0.25) is 0 Å². The quantitative estimate of drug-likeness (QED) is 0.821. The summed E-state index contributed by atoms with van der Waals surface area (Å²) in [6.07, 6.45) is 0. The molecule has 0 radical (unpaired) electrons. The lowest BCUT2D eigenvalue weighted by Gasteiger charge is -2.37. The Morgan fingerprint density at radius 3 is 3.00 bits per heavy atom. The van der Waals surface area contributed by atoms with E-state index in [0.29, 0.717) is 23.4 Å². The van der Waals surface area contributed by atoms with Gasteiger partial charge in [-0.25, -0.2) is 4.39 Å². The Balaban J connectivity index is 2.18. The Kier molecular flexibility index (Phi) is 4.26. The molecule has 1 aromatic carbocycles. The fraction of sp³-hybridized carbons (Fsp3) is 0.500. The first-order chi connectivity index (χ1) is 8.61. The van der Waals surface area contributed by atoms with Gasteiger partial charge in [0.2, 0.25) is 0 Å². The van der Waals surface area contributed by atoms with Crippen LogP contribution < -0.4 is 0 Å². The van der Waals surface area contributed by atoms with Crippen LogP contribution in [0, 0.1) is 17.1 Å². The molecule has 1 fully saturated rings. The molecule has 1 aliphatic heterocycles. The molecule has 96 valence electrons. The van der Waals surface area contributed by atoms with Gasteiger partial charge < -0.3 is 0 Å². The average molecular weight is 264 g/mol. The summed E-state index contributed by atoms with van der Waals surface area (Å²) in [6, 6.07) is 6.99. The lowest BCUT2D eigenvalue weighted by Crippen LogP contribution is -2.44. The Morgan fingerprint density at radius 1 is 1.50 bits per heavy atom. The minimum Gasteiger partial charge on any atom is -0.294 e. The molecule has 0 aromatic heterocycles. The van der Waals surface area contributed by atoms with E-state index in [-0.39, 0.29) is 5.82 Å². The number of nitrogens with zero attached hydrogens (tertiary/aromatic N) is 2. The molecule has 2 rings (SSSR count). The second-order valence-corrected chi connectivity index (χ2v) is 6.19. The van der Waals surface area contributed by atoms with Gasteiger partial charge in [-0.2, -0.15) is 17.0 Å². The standard InChI is InChI=1S/C14H17FN2S/c1-10-11(2)18-6-5-17(10)9-13-7-14(15)4-3-12(13)8-16/h3-4,7,10-11H,5-6,9H2,1-2H3. The summed E-state index contributed by atoms with van der Waals surface area (Å²) in [6.45, 7) is 6.07. The predicted molar refractivity (Wildman–Crippen MR) is 72.9 cm³/mol. The molecule has 1 aromatic rings. The van der Waals surface area contributed by atoms with Crippen molar-refractivity contribution in [1.29, 1.82) is 5.26 Å². The molecule has 2 atom stereocenters. The van der Waals surface area contributed by atoms with E-state index in [1.54, 1.807) is 6.07 Å². The number of hydrogen-bond donors (Lipinski definition) is 0. The highest BCUT2D eigenvalue weighted by atomic mass is 32.2. The normalized spacial score (nSPS) is 24.8. The van der Waals surface area contributed by atoms with E-state index >= 15 is 0 Å². The van der Waals surface area contributed by atoms with Crippen LogP contribution >= 0.6 is 11.8 Å². The zero-order chi connectivity index (χ0) is 13.1. The Bertz CT molecular complexity index is 469. The average Bonchev–Trinajstić information content (AvgIpc) is 2.35. The molecule has 0 N–H and O–H groups in total. The monoisotopic (exact) mass is 264 g/mol. The van der Waals surface area contributed by atoms with Crippen LogP contribution in [0.1, 0.15) is 25.0 Å². The molecule has 2 unspecified atom stereocenters. The third kappa shape index (κ3) is 2.85. The van der Waals surface area contributed by atoms with E-state index in [1.165, 1.54) is 12.1 Å². The van der Waals surface area contributed by atoms with Crippen molar-refractivity contribution in [2.45, 2.75) is 31.7 Å². The summed E-state index contributed by atoms with van der Waals surface area (Å²) in [5, 5.41) is 9.64. The van der Waals surface area contributed by atoms with Gasteiger partial charge in [0, 0.05) is 30.1 Å². The fourth-order valence-corrected chi connectivity index (χ4v) is 3.40. The summed E-state index contributed by atoms with van der Waals surface area (Å²) in [5.74, 6) is 0.832. The van der Waals surface area contributed by atoms with Crippen molar-refractivity contribution in [2.75, 3.05) is 12.3 Å². The molecule has 2 nitrogen and oxygen atoms in total. The SMILES string of the molecule is CC1SCCN(Cc2cc(F)ccc2C#N)C1C. The van der Waals surface area contributed by atoms with Crippen molar-refractivity contribution < 1.29 is 4.39 Å². The van der Waals surface area contributed by atoms with Gasteiger partial charge in [-0.05, 0) is 30.7 Å². The maximum absolute atomic E-state index is 13.3. The summed E-state index contributed by atoms with van der Waals surface area (Å²) in [4.78, 5) is 2.33. The summed E-state index contributed by atoms with van der Waals surface area (Å²) < 4.78 is 13.3. The Labute approximate surface area is 112 Å². The molecule has 4 heteroatoms. The number of thioether (sulfide) groups is 1. The molecule has 0 aliphatic carbocycles. The molecule has 1 heterocycles. The van der Waals surface area contributed by atoms with Crippen LogP contribution in [-0.4, -0.2) is 28.5 Å². The lowest BCUT2D eigenvalue weighted by molar-refractivity contribution is 0.204. The topological polar surface area (TPSA) is 27.0 Å². The van der Waals surface area contributed by atoms with Crippen molar-refractivity contribution in [2.24, 2.45) is 0 Å². The third-order valence-corrected chi connectivity index (χ3v) is 4.91. The molecule has 1 aliphatic rings. The minimum atomic E-state index is -0.268. The Hall–Kier alpha value is -1.05. The van der Waals surface area contributed by atoms with Gasteiger partial charge in [-0.15, -0.1) is 0 Å². The van der Waals surface area contributed by atoms with Crippen LogP contribution in [0.5, 0.6) is 0 Å². The number of hydrogen-bond acceptors (Lipinski definition) is 3. The molecular formula is C14H17FN2S. The highest BCUT2D eigenvalue weighted by molar-refractivity contribution is 8.00. The lowest BCUT2D eigenvalue weighted by atomic mass is 10.1. The van der Waals surface area contributed by atoms with Gasteiger partial charge in [0.15, 0.2) is 0 Å². The Morgan fingerprint density at radius 2 is 2.28 bits per heavy atom. The fourth-order valence-electron chi connectivity index (χ4n) is 2.24. The van der Waals surface area contributed by atoms with Crippen LogP contribution in [0.15, 0.2) is 18.2 Å². The zero-order valence-electron chi connectivity index (χ0n) is 10.7. The predicted octanol–water partition coefficient (Wildman–Crippen LogP) is 3.02. The summed E-state index contributed by atoms with van der Waals surface area (Å²) in [7, 11) is 0. The maximum Gasteiger partial charge on any atom is 0.123 e. The van der Waals surface area contributed by atoms with Crippen molar-refractivity contribution in [3.05, 3.63) is 35.1 Å². The molecule has 1 saturated heterocycles. The molecule has 0 spiro atoms. The number of benzene rings is 1. The van der Waals surface area contributed by atoms with Crippen molar-refractivity contribution >= 4 is 11.8 Å². The minimum absolute atomic E-state index is 0.268. The summed E-state index contributed by atoms with van der Waals surface area (Å²) >= 11 is 1.97. The van der Waals surface area contributed by atoms with Crippen molar-refractivity contribution in [1.82, 2.24) is 4.90 Å². The number of halogens is 1. The van der Waals surface area contributed by atoms with Gasteiger partial charge in [0.1, 0.15) is 5.82 Å². The summed E-state index contributed by atoms with van der Waals surface area (Å²) in [5.41, 5.74) is 1.37. The molecule has 0 saturated carbocycles. The van der Waals surface area contributed by atoms with E-state index < -0.39 is 0 Å². The number of rotatable bonds is 2. The smallest absolute Gasteiger partial charge is 0.123 e. The van der Waals surface area contributed by atoms with E-state index in [1.807, 2.05) is 11.8 Å². The molecular weight excluding hydrogens is 247 g/mol. The zero-order valence-corrected chi connectivity index (χ0v) is 11.5. The number of nitriles is 1. The van der Waals surface area contributed by atoms with Gasteiger partial charge in [0.05, 0.1) is 11.6 Å². The molecule has 0 bridgehead atoms. The van der Waals surface area contributed by atoms with Gasteiger partial charge in [0.25, 0.3) is 0 Å². The van der Waals surface area contributed by atoms with Crippen LogP contribution in [0.3, 0.4) is 0 Å². The maximum atomic E-state index is 13.3. The van der Waals surface area contributed by atoms with Crippen LogP contribution in [-0.2, 0) is 6.54 Å². The molecule has 18 heavy (non-hydrogen) atoms. The first kappa shape index (κ1) is 13.4. The highest BCUT2D eigenvalue weighted by Gasteiger charge is 2.25. The van der Waals surface area contributed by atoms with Gasteiger partial charge >= 0.3 is 0 Å². The first-order valence-corrected chi connectivity index (χ1v) is 7.21. The van der Waals surface area contributed by atoms with Crippen molar-refractivity contribution in [3.63, 3.8) is 0 Å². The van der Waals surface area contributed by atoms with Gasteiger partial charge in [-0.3, -0.25) is 4.90 Å². The van der Waals surface area contributed by atoms with E-state index in [0.717, 1.165) is 17.9 Å². The van der Waals surface area contributed by atoms with Crippen LogP contribution in [0.4, 0.5) is 4.39 Å². The van der Waals surface area contributed by atoms with E-state index in [4.69, 9.17) is 5.26 Å². The van der Waals surface area contributed by atoms with E-state index in [9.17, 15) is 4.39 Å². The van der Waals surface area contributed by atoms with Crippen molar-refractivity contribution in [3.8, 4) is 6.07 Å². The van der Waals surface area contributed by atoms with Gasteiger partial charge in [-0.1, -0.05) is 6.92 Å². The second kappa shape index (κ2) is 5.73. The van der Waals surface area contributed by atoms with Crippen LogP contribution in [0.25, 0.3) is 0 Å². The third-order valence-electron chi connectivity index (χ3n) is 3.58. The second-order valence-electron chi connectivity index (χ2n) is 4.70.